The molecule has 1 rings (SSSR count). The van der Waals surface area contributed by atoms with Gasteiger partial charge in [0.2, 0.25) is 0 Å². The van der Waals surface area contributed by atoms with Gasteiger partial charge in [-0.25, -0.2) is 0 Å². The highest BCUT2D eigenvalue weighted by Crippen LogP contribution is 2.27. The van der Waals surface area contributed by atoms with E-state index in [-0.39, 0.29) is 18.4 Å². The van der Waals surface area contributed by atoms with Gasteiger partial charge in [-0.1, -0.05) is 13.8 Å². The number of nitrogens with one attached hydrogen (secondary N) is 1. The summed E-state index contributed by atoms with van der Waals surface area (Å²) in [6, 6.07) is 4.78. The Morgan fingerprint density at radius 2 is 1.81 bits per heavy atom. The van der Waals surface area contributed by atoms with Crippen LogP contribution in [0, 0.1) is 11.8 Å². The highest BCUT2D eigenvalue weighted by Gasteiger charge is 2.22. The molecule has 0 aromatic heterocycles. The van der Waals surface area contributed by atoms with E-state index in [1.165, 1.54) is 14.2 Å². The summed E-state index contributed by atoms with van der Waals surface area (Å²) >= 11 is 0. The highest BCUT2D eigenvalue weighted by molar-refractivity contribution is 5.95. The molecule has 21 heavy (non-hydrogen) atoms. The van der Waals surface area contributed by atoms with Crippen LogP contribution in [0.15, 0.2) is 18.2 Å². The van der Waals surface area contributed by atoms with Crippen molar-refractivity contribution in [3.63, 3.8) is 0 Å². The predicted octanol–water partition coefficient (Wildman–Crippen LogP) is 1.79. The summed E-state index contributed by atoms with van der Waals surface area (Å²) in [6.45, 7) is 3.70. The topological polar surface area (TPSA) is 84.9 Å². The normalized spacial score (nSPS) is 11.9. The van der Waals surface area contributed by atoms with E-state index in [2.05, 4.69) is 5.32 Å². The molecule has 0 bridgehead atoms. The molecule has 0 heterocycles. The molecule has 0 saturated heterocycles. The number of carboxylic acids is 1. The average Bonchev–Trinajstić information content (AvgIpc) is 2.45. The molecule has 1 amide bonds. The summed E-state index contributed by atoms with van der Waals surface area (Å²) in [5.41, 5.74) is 0.389. The smallest absolute Gasteiger partial charge is 0.308 e. The van der Waals surface area contributed by atoms with Gasteiger partial charge >= 0.3 is 5.97 Å². The molecule has 0 radical (unpaired) electrons. The van der Waals surface area contributed by atoms with Crippen molar-refractivity contribution in [1.82, 2.24) is 5.32 Å². The lowest BCUT2D eigenvalue weighted by molar-refractivity contribution is -0.142. The molecule has 0 fully saturated rings. The summed E-state index contributed by atoms with van der Waals surface area (Å²) in [6.07, 6.45) is 0. The van der Waals surface area contributed by atoms with Gasteiger partial charge < -0.3 is 19.9 Å². The number of carbonyl (C=O) groups is 2. The van der Waals surface area contributed by atoms with Crippen LogP contribution in [-0.2, 0) is 4.79 Å². The zero-order chi connectivity index (χ0) is 16.0. The minimum atomic E-state index is -0.919. The number of benzene rings is 1. The molecule has 1 aromatic rings. The SMILES string of the molecule is COc1ccc(C(=O)NCC(C(=O)O)C(C)C)cc1OC. The van der Waals surface area contributed by atoms with Gasteiger partial charge in [-0.2, -0.15) is 0 Å². The molecule has 116 valence electrons. The summed E-state index contributed by atoms with van der Waals surface area (Å²) in [4.78, 5) is 23.1. The Morgan fingerprint density at radius 1 is 1.19 bits per heavy atom. The lowest BCUT2D eigenvalue weighted by Crippen LogP contribution is -2.35. The third-order valence-electron chi connectivity index (χ3n) is 3.25. The second-order valence-electron chi connectivity index (χ2n) is 4.97. The fraction of sp³-hybridized carbons (Fsp3) is 0.467. The standard InChI is InChI=1S/C15H21NO5/c1-9(2)11(15(18)19)8-16-14(17)10-5-6-12(20-3)13(7-10)21-4/h5-7,9,11H,8H2,1-4H3,(H,16,17)(H,18,19). The number of hydrogen-bond donors (Lipinski definition) is 2. The molecule has 1 atom stereocenters. The monoisotopic (exact) mass is 295 g/mol. The van der Waals surface area contributed by atoms with Gasteiger partial charge in [0.05, 0.1) is 20.1 Å². The van der Waals surface area contributed by atoms with Crippen LogP contribution in [0.4, 0.5) is 0 Å². The number of hydrogen-bond acceptors (Lipinski definition) is 4. The van der Waals surface area contributed by atoms with E-state index < -0.39 is 11.9 Å². The number of methoxy groups -OCH3 is 2. The van der Waals surface area contributed by atoms with Crippen molar-refractivity contribution in [2.75, 3.05) is 20.8 Å². The van der Waals surface area contributed by atoms with E-state index in [0.29, 0.717) is 17.1 Å². The largest absolute Gasteiger partial charge is 0.493 e. The second-order valence-corrected chi connectivity index (χ2v) is 4.97. The Balaban J connectivity index is 2.78. The first-order chi connectivity index (χ1) is 9.90. The van der Waals surface area contributed by atoms with Crippen LogP contribution in [0.5, 0.6) is 11.5 Å². The number of carboxylic acid groups (broad SMARTS) is 1. The van der Waals surface area contributed by atoms with Crippen molar-refractivity contribution in [1.29, 1.82) is 0 Å². The minimum Gasteiger partial charge on any atom is -0.493 e. The summed E-state index contributed by atoms with van der Waals surface area (Å²) in [5, 5.41) is 11.7. The van der Waals surface area contributed by atoms with E-state index in [1.54, 1.807) is 32.0 Å². The number of rotatable bonds is 7. The molecule has 1 unspecified atom stereocenters. The fourth-order valence-corrected chi connectivity index (χ4v) is 1.89. The maximum Gasteiger partial charge on any atom is 0.308 e. The molecule has 0 spiro atoms. The van der Waals surface area contributed by atoms with Gasteiger partial charge in [0.15, 0.2) is 11.5 Å². The van der Waals surface area contributed by atoms with E-state index >= 15 is 0 Å². The molecule has 0 aliphatic carbocycles. The first kappa shape index (κ1) is 16.8. The molecule has 0 aliphatic heterocycles. The average molecular weight is 295 g/mol. The third-order valence-corrected chi connectivity index (χ3v) is 3.25. The van der Waals surface area contributed by atoms with Crippen LogP contribution in [0.25, 0.3) is 0 Å². The fourth-order valence-electron chi connectivity index (χ4n) is 1.89. The Bertz CT molecular complexity index is 513. The zero-order valence-corrected chi connectivity index (χ0v) is 12.7. The molecule has 2 N–H and O–H groups in total. The van der Waals surface area contributed by atoms with Gasteiger partial charge in [-0.3, -0.25) is 9.59 Å². The van der Waals surface area contributed by atoms with Crippen LogP contribution in [0.1, 0.15) is 24.2 Å². The van der Waals surface area contributed by atoms with Crippen LogP contribution in [0.2, 0.25) is 0 Å². The molecule has 0 saturated carbocycles. The van der Waals surface area contributed by atoms with Crippen molar-refractivity contribution in [3.05, 3.63) is 23.8 Å². The van der Waals surface area contributed by atoms with Crippen LogP contribution in [-0.4, -0.2) is 37.7 Å². The maximum absolute atomic E-state index is 12.1. The molecule has 1 aromatic carbocycles. The molecule has 0 aliphatic rings. The van der Waals surface area contributed by atoms with E-state index in [1.807, 2.05) is 0 Å². The van der Waals surface area contributed by atoms with Gasteiger partial charge in [-0.15, -0.1) is 0 Å². The highest BCUT2D eigenvalue weighted by atomic mass is 16.5. The second kappa shape index (κ2) is 7.52. The third kappa shape index (κ3) is 4.37. The van der Waals surface area contributed by atoms with Gasteiger partial charge in [0, 0.05) is 12.1 Å². The Hall–Kier alpha value is -2.24. The van der Waals surface area contributed by atoms with Crippen LogP contribution in [0.3, 0.4) is 0 Å². The van der Waals surface area contributed by atoms with E-state index in [9.17, 15) is 9.59 Å². The lowest BCUT2D eigenvalue weighted by atomic mass is 9.96. The lowest BCUT2D eigenvalue weighted by Gasteiger charge is -2.17. The van der Waals surface area contributed by atoms with Crippen molar-refractivity contribution in [3.8, 4) is 11.5 Å². The first-order valence-electron chi connectivity index (χ1n) is 6.63. The van der Waals surface area contributed by atoms with Crippen LogP contribution < -0.4 is 14.8 Å². The Morgan fingerprint density at radius 3 is 2.29 bits per heavy atom. The number of carbonyl (C=O) groups excluding carboxylic acids is 1. The zero-order valence-electron chi connectivity index (χ0n) is 12.7. The molecular formula is C15H21NO5. The predicted molar refractivity (Wildman–Crippen MR) is 77.8 cm³/mol. The number of ether oxygens (including phenoxy) is 2. The molecular weight excluding hydrogens is 274 g/mol. The van der Waals surface area contributed by atoms with Crippen molar-refractivity contribution in [2.24, 2.45) is 11.8 Å². The summed E-state index contributed by atoms with van der Waals surface area (Å²) in [7, 11) is 3.00. The van der Waals surface area contributed by atoms with E-state index in [4.69, 9.17) is 14.6 Å². The van der Waals surface area contributed by atoms with Crippen molar-refractivity contribution in [2.45, 2.75) is 13.8 Å². The van der Waals surface area contributed by atoms with Gasteiger partial charge in [0.25, 0.3) is 5.91 Å². The van der Waals surface area contributed by atoms with Crippen LogP contribution >= 0.6 is 0 Å². The number of aliphatic carboxylic acids is 1. The quantitative estimate of drug-likeness (QED) is 0.801. The Labute approximate surface area is 124 Å². The number of amides is 1. The first-order valence-corrected chi connectivity index (χ1v) is 6.63. The van der Waals surface area contributed by atoms with Gasteiger partial charge in [0.1, 0.15) is 0 Å². The van der Waals surface area contributed by atoms with E-state index in [0.717, 1.165) is 0 Å². The van der Waals surface area contributed by atoms with Crippen molar-refractivity contribution < 1.29 is 24.2 Å². The minimum absolute atomic E-state index is 0.0618. The Kier molecular flexibility index (Phi) is 6.02. The molecule has 6 nitrogen and oxygen atoms in total. The van der Waals surface area contributed by atoms with Gasteiger partial charge in [-0.05, 0) is 24.1 Å². The van der Waals surface area contributed by atoms with Crippen molar-refractivity contribution >= 4 is 11.9 Å². The molecule has 6 heteroatoms. The summed E-state index contributed by atoms with van der Waals surface area (Å²) < 4.78 is 10.2. The maximum atomic E-state index is 12.1. The summed E-state index contributed by atoms with van der Waals surface area (Å²) in [5.74, 6) is -0.966.